The molecule has 0 heterocycles. The molecule has 0 aliphatic heterocycles. The number of halogens is 1. The molecule has 26 heavy (non-hydrogen) atoms. The van der Waals surface area contributed by atoms with Gasteiger partial charge in [0.05, 0.1) is 0 Å². The van der Waals surface area contributed by atoms with E-state index in [9.17, 15) is 3.74 Å². The Morgan fingerprint density at radius 1 is 0.808 bits per heavy atom. The van der Waals surface area contributed by atoms with Crippen LogP contribution in [0.15, 0.2) is 24.3 Å². The molecule has 1 aromatic rings. The summed E-state index contributed by atoms with van der Waals surface area (Å²) >= 11 is 0.832. The number of benzene rings is 1. The van der Waals surface area contributed by atoms with Crippen molar-refractivity contribution in [3.05, 3.63) is 29.3 Å². The fourth-order valence-corrected chi connectivity index (χ4v) is 3.87. The van der Waals surface area contributed by atoms with Crippen LogP contribution in [0.3, 0.4) is 0 Å². The molecule has 0 aliphatic carbocycles. The Morgan fingerprint density at radius 2 is 1.19 bits per heavy atom. The third-order valence-corrected chi connectivity index (χ3v) is 6.51. The monoisotopic (exact) mass is 449 g/mol. The van der Waals surface area contributed by atoms with E-state index in [2.05, 4.69) is 6.92 Å². The molecule has 1 aromatic carbocycles. The van der Waals surface area contributed by atoms with Gasteiger partial charge in [-0.05, 0) is 13.0 Å². The molecule has 0 saturated heterocycles. The zero-order valence-electron chi connectivity index (χ0n) is 16.2. The fraction of sp³-hybridized carbons (Fsp3) is 0.700. The van der Waals surface area contributed by atoms with Crippen LogP contribution in [0, 0.1) is 0 Å². The molecule has 0 radical (unpaired) electrons. The molecule has 152 valence electrons. The van der Waals surface area contributed by atoms with Gasteiger partial charge in [-0.2, -0.15) is 0 Å². The molecule has 1 rings (SSSR count). The van der Waals surface area contributed by atoms with Crippen LogP contribution in [0.25, 0.3) is 0 Å². The molecule has 6 heteroatoms. The maximum atomic E-state index is 10.7. The number of rotatable bonds is 13. The number of hydrogen-bond acceptors (Lipinski definition) is 2. The van der Waals surface area contributed by atoms with Gasteiger partial charge in [0.15, 0.2) is 0 Å². The van der Waals surface area contributed by atoms with Crippen molar-refractivity contribution >= 4 is 30.1 Å². The summed E-state index contributed by atoms with van der Waals surface area (Å²) in [4.78, 5) is 0. The fourth-order valence-electron chi connectivity index (χ4n) is 2.62. The molecule has 4 N–H and O–H groups in total. The van der Waals surface area contributed by atoms with Gasteiger partial charge in [0.25, 0.3) is 0 Å². The van der Waals surface area contributed by atoms with E-state index in [1.54, 1.807) is 0 Å². The molecular weight excluding hydrogens is 413 g/mol. The van der Waals surface area contributed by atoms with Gasteiger partial charge in [0.1, 0.15) is 0 Å². The maximum absolute atomic E-state index is 10.7. The third kappa shape index (κ3) is 16.0. The van der Waals surface area contributed by atoms with Gasteiger partial charge in [-0.3, -0.25) is 0 Å². The van der Waals surface area contributed by atoms with Crippen LogP contribution in [-0.2, 0) is 3.74 Å². The molecule has 0 saturated carbocycles. The van der Waals surface area contributed by atoms with Crippen molar-refractivity contribution < 1.29 is 11.9 Å². The third-order valence-electron chi connectivity index (χ3n) is 4.22. The summed E-state index contributed by atoms with van der Waals surface area (Å²) in [5, 5.41) is 0.470. The van der Waals surface area contributed by atoms with Crippen LogP contribution in [0.2, 0.25) is 5.02 Å². The Hall–Kier alpha value is -0.252. The van der Waals surface area contributed by atoms with E-state index in [0.29, 0.717) is 5.02 Å². The van der Waals surface area contributed by atoms with Crippen LogP contribution in [0.1, 0.15) is 84.0 Å². The van der Waals surface area contributed by atoms with Crippen molar-refractivity contribution in [2.75, 3.05) is 6.54 Å². The van der Waals surface area contributed by atoms with E-state index in [-0.39, 0.29) is 4.35 Å². The number of hydrogen-bond donors (Lipinski definition) is 3. The summed E-state index contributed by atoms with van der Waals surface area (Å²) in [6, 6.07) is 5.58. The van der Waals surface area contributed by atoms with Crippen molar-refractivity contribution in [2.45, 2.75) is 84.0 Å². The summed E-state index contributed by atoms with van der Waals surface area (Å²) < 4.78 is 28.1. The van der Waals surface area contributed by atoms with E-state index in [0.717, 1.165) is 6.54 Å². The number of unbranched alkanes of at least 4 members (excludes halogenated alkanes) is 11. The first-order chi connectivity index (χ1) is 12.4. The molecule has 0 aliphatic rings. The molecule has 0 unspecified atom stereocenters. The first kappa shape index (κ1) is 25.7. The van der Waals surface area contributed by atoms with Gasteiger partial charge < -0.3 is 5.73 Å². The first-order valence-corrected chi connectivity index (χ1v) is 13.7. The zero-order valence-corrected chi connectivity index (χ0v) is 18.8. The first-order valence-electron chi connectivity index (χ1n) is 9.93. The van der Waals surface area contributed by atoms with Crippen LogP contribution in [0.5, 0.6) is 0 Å². The van der Waals surface area contributed by atoms with Gasteiger partial charge in [-0.1, -0.05) is 77.6 Å². The molecule has 0 aromatic heterocycles. The van der Waals surface area contributed by atoms with Crippen LogP contribution in [0.4, 0.5) is 0 Å². The van der Waals surface area contributed by atoms with Crippen molar-refractivity contribution in [3.8, 4) is 0 Å². The van der Waals surface area contributed by atoms with Crippen LogP contribution < -0.4 is 10.1 Å². The van der Waals surface area contributed by atoms with E-state index in [1.807, 2.05) is 0 Å². The molecule has 4 nitrogen and oxygen atoms in total. The molecule has 0 atom stereocenters. The topological polar surface area (TPSA) is 83.6 Å². The van der Waals surface area contributed by atoms with Crippen LogP contribution in [-0.4, -0.2) is 28.9 Å². The van der Waals surface area contributed by atoms with Gasteiger partial charge >= 0.3 is 71.3 Å². The Kier molecular flexibility index (Phi) is 16.7. The summed E-state index contributed by atoms with van der Waals surface area (Å²) in [5.74, 6) is 0. The van der Waals surface area contributed by atoms with E-state index in [1.165, 1.54) is 101 Å². The van der Waals surface area contributed by atoms with Crippen molar-refractivity contribution in [1.82, 2.24) is 0 Å². The zero-order chi connectivity index (χ0) is 19.7. The summed E-state index contributed by atoms with van der Waals surface area (Å²) in [7, 11) is 0. The number of nitrogens with two attached hydrogens (primary N) is 1. The van der Waals surface area contributed by atoms with Gasteiger partial charge in [0, 0.05) is 0 Å². The van der Waals surface area contributed by atoms with Crippen molar-refractivity contribution in [2.24, 2.45) is 5.73 Å². The average Bonchev–Trinajstić information content (AvgIpc) is 2.60. The van der Waals surface area contributed by atoms with Crippen LogP contribution >= 0.6 is 11.6 Å². The van der Waals surface area contributed by atoms with E-state index < -0.39 is 14.2 Å². The van der Waals surface area contributed by atoms with E-state index in [4.69, 9.17) is 25.5 Å². The predicted molar refractivity (Wildman–Crippen MR) is 112 cm³/mol. The quantitative estimate of drug-likeness (QED) is 0.305. The van der Waals surface area contributed by atoms with Gasteiger partial charge in [-0.15, -0.1) is 0 Å². The van der Waals surface area contributed by atoms with Crippen molar-refractivity contribution in [3.63, 3.8) is 0 Å². The molecule has 0 bridgehead atoms. The Balaban J connectivity index is 0.000000502. The Morgan fingerprint density at radius 3 is 1.54 bits per heavy atom. The standard InChI is InChI=1S/C14H31N.C6H6AsClO3/c1-2-3-4-5-6-7-8-9-10-11-12-13-14-15;8-6-3-1-5(2-4-6)7(9,10)11/h2-15H2,1H3;1-4H,(H2,9,10,11). The second kappa shape index (κ2) is 16.9. The average molecular weight is 450 g/mol. The normalized spacial score (nSPS) is 11.1. The molecule has 0 spiro atoms. The molecule has 0 amide bonds. The molecular formula is C20H37AsClNO3. The second-order valence-electron chi connectivity index (χ2n) is 6.70. The Bertz CT molecular complexity index is 464. The van der Waals surface area contributed by atoms with Crippen molar-refractivity contribution in [1.29, 1.82) is 0 Å². The summed E-state index contributed by atoms with van der Waals surface area (Å²) in [5.41, 5.74) is 5.45. The Labute approximate surface area is 167 Å². The van der Waals surface area contributed by atoms with Gasteiger partial charge in [0.2, 0.25) is 0 Å². The summed E-state index contributed by atoms with van der Waals surface area (Å²) in [6.45, 7) is 3.15. The SMILES string of the molecule is CCCCCCCCCCCCCCN.O=[As](O)(O)c1ccc(Cl)cc1. The van der Waals surface area contributed by atoms with Gasteiger partial charge in [-0.25, -0.2) is 0 Å². The minimum absolute atomic E-state index is 0.0486. The predicted octanol–water partition coefficient (Wildman–Crippen LogP) is 4.55. The second-order valence-corrected chi connectivity index (χ2v) is 10.5. The van der Waals surface area contributed by atoms with E-state index >= 15 is 0 Å². The minimum atomic E-state index is -4.68. The molecule has 0 fully saturated rings. The summed E-state index contributed by atoms with van der Waals surface area (Å²) in [6.07, 6.45) is 16.9.